The molecule has 0 fully saturated rings. The van der Waals surface area contributed by atoms with Crippen LogP contribution in [0.25, 0.3) is 5.57 Å². The molecule has 0 radical (unpaired) electrons. The average molecular weight is 158 g/mol. The van der Waals surface area contributed by atoms with Crippen LogP contribution < -0.4 is 0 Å². The van der Waals surface area contributed by atoms with Crippen molar-refractivity contribution in [2.24, 2.45) is 4.99 Å². The summed E-state index contributed by atoms with van der Waals surface area (Å²) in [5, 5.41) is 0. The molecule has 1 aliphatic carbocycles. The standard InChI is InChI=1S/C10H10N2/c1-2-11-6-9-8(1)3-7-4-10(9)12-5-7/h4-6,12H,1-3H2. The number of rotatable bonds is 0. The third-order valence-corrected chi connectivity index (χ3v) is 2.59. The minimum Gasteiger partial charge on any atom is -0.361 e. The molecule has 1 aliphatic heterocycles. The molecule has 1 aromatic rings. The Hall–Kier alpha value is -1.31. The fraction of sp³-hybridized carbons (Fsp3) is 0.300. The molecule has 0 aromatic carbocycles. The molecule has 0 saturated carbocycles. The van der Waals surface area contributed by atoms with Gasteiger partial charge in [-0.1, -0.05) is 5.57 Å². The Morgan fingerprint density at radius 2 is 2.42 bits per heavy atom. The van der Waals surface area contributed by atoms with Gasteiger partial charge < -0.3 is 4.98 Å². The lowest BCUT2D eigenvalue weighted by Gasteiger charge is -2.16. The van der Waals surface area contributed by atoms with Gasteiger partial charge in [0.05, 0.1) is 0 Å². The maximum atomic E-state index is 4.29. The second-order valence-electron chi connectivity index (χ2n) is 3.40. The van der Waals surface area contributed by atoms with Crippen LogP contribution in [0.1, 0.15) is 17.7 Å². The summed E-state index contributed by atoms with van der Waals surface area (Å²) in [7, 11) is 0. The molecule has 2 heteroatoms. The molecule has 0 amide bonds. The number of H-pyrrole nitrogens is 1. The molecule has 0 unspecified atom stereocenters. The quantitative estimate of drug-likeness (QED) is 0.596. The zero-order valence-electron chi connectivity index (χ0n) is 6.80. The van der Waals surface area contributed by atoms with E-state index in [2.05, 4.69) is 22.2 Å². The Labute approximate surface area is 71.0 Å². The Kier molecular flexibility index (Phi) is 1.09. The number of hydrogen-bond donors (Lipinski definition) is 1. The fourth-order valence-electron chi connectivity index (χ4n) is 1.97. The summed E-state index contributed by atoms with van der Waals surface area (Å²) in [6.45, 7) is 0.972. The van der Waals surface area contributed by atoms with E-state index in [1.54, 1.807) is 5.57 Å². The summed E-state index contributed by atoms with van der Waals surface area (Å²) in [4.78, 5) is 7.56. The highest BCUT2D eigenvalue weighted by molar-refractivity contribution is 6.11. The molecule has 0 atom stereocenters. The maximum Gasteiger partial charge on any atom is 0.0471 e. The molecule has 3 rings (SSSR count). The first kappa shape index (κ1) is 6.23. The van der Waals surface area contributed by atoms with E-state index < -0.39 is 0 Å². The Morgan fingerprint density at radius 1 is 1.42 bits per heavy atom. The molecule has 2 heterocycles. The predicted octanol–water partition coefficient (Wildman–Crippen LogP) is 1.80. The topological polar surface area (TPSA) is 28.1 Å². The number of aliphatic imine (C=N–C) groups is 1. The van der Waals surface area contributed by atoms with Gasteiger partial charge in [0.25, 0.3) is 0 Å². The SMILES string of the molecule is C1=NCCC2=C1c1cc(c[nH]1)C2. The number of allylic oxidation sites excluding steroid dienone is 1. The van der Waals surface area contributed by atoms with Crippen LogP contribution in [0.5, 0.6) is 0 Å². The van der Waals surface area contributed by atoms with Crippen LogP contribution in [0, 0.1) is 0 Å². The number of dihydropyridines is 1. The van der Waals surface area contributed by atoms with Gasteiger partial charge in [-0.3, -0.25) is 4.99 Å². The van der Waals surface area contributed by atoms with E-state index in [0.29, 0.717) is 0 Å². The van der Waals surface area contributed by atoms with Gasteiger partial charge in [0, 0.05) is 30.2 Å². The lowest BCUT2D eigenvalue weighted by Crippen LogP contribution is -2.06. The minimum absolute atomic E-state index is 0.972. The summed E-state index contributed by atoms with van der Waals surface area (Å²) in [6.07, 6.45) is 6.37. The van der Waals surface area contributed by atoms with E-state index in [9.17, 15) is 0 Å². The van der Waals surface area contributed by atoms with Crippen molar-refractivity contribution in [1.82, 2.24) is 4.98 Å². The lowest BCUT2D eigenvalue weighted by molar-refractivity contribution is 0.903. The smallest absolute Gasteiger partial charge is 0.0471 e. The first-order chi connectivity index (χ1) is 5.93. The van der Waals surface area contributed by atoms with Crippen molar-refractivity contribution in [1.29, 1.82) is 0 Å². The van der Waals surface area contributed by atoms with E-state index >= 15 is 0 Å². The largest absolute Gasteiger partial charge is 0.361 e. The van der Waals surface area contributed by atoms with Gasteiger partial charge in [0.2, 0.25) is 0 Å². The monoisotopic (exact) mass is 158 g/mol. The minimum atomic E-state index is 0.972. The van der Waals surface area contributed by atoms with Crippen LogP contribution >= 0.6 is 0 Å². The Bertz CT molecular complexity index is 382. The number of nitrogens with one attached hydrogen (secondary N) is 1. The van der Waals surface area contributed by atoms with Crippen LogP contribution in [0.4, 0.5) is 0 Å². The van der Waals surface area contributed by atoms with E-state index in [1.807, 2.05) is 6.21 Å². The van der Waals surface area contributed by atoms with Crippen molar-refractivity contribution in [3.63, 3.8) is 0 Å². The summed E-state index contributed by atoms with van der Waals surface area (Å²) in [5.41, 5.74) is 5.55. The van der Waals surface area contributed by atoms with Crippen LogP contribution in [-0.2, 0) is 6.42 Å². The molecule has 0 spiro atoms. The van der Waals surface area contributed by atoms with Gasteiger partial charge in [-0.25, -0.2) is 0 Å². The van der Waals surface area contributed by atoms with Gasteiger partial charge in [-0.05, 0) is 24.5 Å². The van der Waals surface area contributed by atoms with Gasteiger partial charge in [-0.15, -0.1) is 0 Å². The fourth-order valence-corrected chi connectivity index (χ4v) is 1.97. The van der Waals surface area contributed by atoms with Gasteiger partial charge in [-0.2, -0.15) is 0 Å². The summed E-state index contributed by atoms with van der Waals surface area (Å²) < 4.78 is 0. The van der Waals surface area contributed by atoms with E-state index in [-0.39, 0.29) is 0 Å². The zero-order valence-corrected chi connectivity index (χ0v) is 6.80. The summed E-state index contributed by atoms with van der Waals surface area (Å²) >= 11 is 0. The van der Waals surface area contributed by atoms with Crippen LogP contribution in [-0.4, -0.2) is 17.7 Å². The van der Waals surface area contributed by atoms with Crippen LogP contribution in [0.2, 0.25) is 0 Å². The number of aromatic nitrogens is 1. The highest BCUT2D eigenvalue weighted by Gasteiger charge is 2.18. The first-order valence-corrected chi connectivity index (χ1v) is 4.33. The Morgan fingerprint density at radius 3 is 3.42 bits per heavy atom. The Balaban J connectivity index is 2.20. The van der Waals surface area contributed by atoms with E-state index in [1.165, 1.54) is 16.8 Å². The van der Waals surface area contributed by atoms with Crippen molar-refractivity contribution in [2.45, 2.75) is 12.8 Å². The van der Waals surface area contributed by atoms with E-state index in [4.69, 9.17) is 0 Å². The number of fused-ring (bicyclic) bond motifs is 3. The van der Waals surface area contributed by atoms with Gasteiger partial charge in [0.15, 0.2) is 0 Å². The second kappa shape index (κ2) is 2.09. The highest BCUT2D eigenvalue weighted by atomic mass is 14.8. The first-order valence-electron chi connectivity index (χ1n) is 4.33. The zero-order chi connectivity index (χ0) is 7.97. The number of hydrogen-bond acceptors (Lipinski definition) is 1. The van der Waals surface area contributed by atoms with Crippen LogP contribution in [0.3, 0.4) is 0 Å². The molecule has 1 aromatic heterocycles. The molecule has 12 heavy (non-hydrogen) atoms. The molecule has 60 valence electrons. The third kappa shape index (κ3) is 0.721. The van der Waals surface area contributed by atoms with Gasteiger partial charge in [0.1, 0.15) is 0 Å². The average Bonchev–Trinajstić information content (AvgIpc) is 2.49. The third-order valence-electron chi connectivity index (χ3n) is 2.59. The molecule has 2 aliphatic rings. The molecule has 1 N–H and O–H groups in total. The molecular weight excluding hydrogens is 148 g/mol. The lowest BCUT2D eigenvalue weighted by atomic mass is 9.92. The summed E-state index contributed by atoms with van der Waals surface area (Å²) in [5.74, 6) is 0. The molecular formula is C10H10N2. The molecule has 2 nitrogen and oxygen atoms in total. The molecule has 0 saturated heterocycles. The van der Waals surface area contributed by atoms with Crippen molar-refractivity contribution >= 4 is 11.8 Å². The van der Waals surface area contributed by atoms with Crippen molar-refractivity contribution in [2.75, 3.05) is 6.54 Å². The second-order valence-corrected chi connectivity index (χ2v) is 3.40. The van der Waals surface area contributed by atoms with Crippen molar-refractivity contribution < 1.29 is 0 Å². The number of nitrogens with zero attached hydrogens (tertiary/aromatic N) is 1. The number of aromatic amines is 1. The maximum absolute atomic E-state index is 4.29. The predicted molar refractivity (Wildman–Crippen MR) is 49.4 cm³/mol. The van der Waals surface area contributed by atoms with Crippen molar-refractivity contribution in [3.8, 4) is 0 Å². The van der Waals surface area contributed by atoms with Gasteiger partial charge >= 0.3 is 0 Å². The van der Waals surface area contributed by atoms with Crippen LogP contribution in [0.15, 0.2) is 22.8 Å². The van der Waals surface area contributed by atoms with Crippen molar-refractivity contribution in [3.05, 3.63) is 29.1 Å². The summed E-state index contributed by atoms with van der Waals surface area (Å²) in [6, 6.07) is 2.22. The normalized spacial score (nSPS) is 19.7. The van der Waals surface area contributed by atoms with E-state index in [0.717, 1.165) is 19.4 Å². The molecule has 2 bridgehead atoms. The highest BCUT2D eigenvalue weighted by Crippen LogP contribution is 2.30.